The molecule has 0 unspecified atom stereocenters. The van der Waals surface area contributed by atoms with Crippen LogP contribution in [0, 0.1) is 0 Å². The van der Waals surface area contributed by atoms with Gasteiger partial charge in [-0.05, 0) is 30.7 Å². The predicted molar refractivity (Wildman–Crippen MR) is 165 cm³/mol. The van der Waals surface area contributed by atoms with Gasteiger partial charge in [0.25, 0.3) is 5.91 Å². The Balaban J connectivity index is 1.09. The summed E-state index contributed by atoms with van der Waals surface area (Å²) in [7, 11) is 1.61. The van der Waals surface area contributed by atoms with Gasteiger partial charge in [0.2, 0.25) is 0 Å². The van der Waals surface area contributed by atoms with Crippen molar-refractivity contribution in [3.8, 4) is 33.6 Å². The van der Waals surface area contributed by atoms with Crippen LogP contribution in [0.2, 0.25) is 0 Å². The molecule has 1 amide bonds. The van der Waals surface area contributed by atoms with Crippen molar-refractivity contribution >= 4 is 34.0 Å². The van der Waals surface area contributed by atoms with Crippen LogP contribution in [0.15, 0.2) is 78.4 Å². The summed E-state index contributed by atoms with van der Waals surface area (Å²) in [6.45, 7) is 5.03. The van der Waals surface area contributed by atoms with Crippen molar-refractivity contribution in [3.05, 3.63) is 84.1 Å². The van der Waals surface area contributed by atoms with Crippen LogP contribution in [0.5, 0.6) is 23.0 Å². The van der Waals surface area contributed by atoms with E-state index in [1.165, 1.54) is 11.3 Å². The van der Waals surface area contributed by atoms with Crippen LogP contribution in [0.3, 0.4) is 0 Å². The number of methoxy groups -OCH3 is 1. The number of hydrogen-bond acceptors (Lipinski definition) is 10. The number of pyridine rings is 2. The largest absolute Gasteiger partial charge is 0.493 e. The Bertz CT molecular complexity index is 1670. The summed E-state index contributed by atoms with van der Waals surface area (Å²) in [6, 6.07) is 18.7. The first-order chi connectivity index (χ1) is 21.2. The number of ether oxygens (including phenoxy) is 4. The van der Waals surface area contributed by atoms with Gasteiger partial charge >= 0.3 is 0 Å². The Hall–Kier alpha value is -4.58. The molecule has 1 N–H and O–H groups in total. The highest BCUT2D eigenvalue weighted by Gasteiger charge is 2.15. The molecular formula is C32H31N5O5S. The van der Waals surface area contributed by atoms with Gasteiger partial charge in [-0.25, -0.2) is 9.97 Å². The van der Waals surface area contributed by atoms with Gasteiger partial charge in [-0.2, -0.15) is 0 Å². The molecule has 11 heteroatoms. The average molecular weight is 598 g/mol. The molecule has 1 aliphatic rings. The Morgan fingerprint density at radius 3 is 2.67 bits per heavy atom. The average Bonchev–Trinajstić information content (AvgIpc) is 3.56. The molecule has 10 nitrogen and oxygen atoms in total. The molecule has 3 aromatic heterocycles. The third kappa shape index (κ3) is 7.08. The lowest BCUT2D eigenvalue weighted by Crippen LogP contribution is -2.37. The van der Waals surface area contributed by atoms with Crippen LogP contribution < -0.4 is 19.5 Å². The van der Waals surface area contributed by atoms with Crippen LogP contribution in [-0.4, -0.2) is 72.3 Å². The minimum Gasteiger partial charge on any atom is -0.493 e. The second-order valence-electron chi connectivity index (χ2n) is 9.82. The second kappa shape index (κ2) is 13.6. The molecule has 1 aliphatic heterocycles. The van der Waals surface area contributed by atoms with Crippen molar-refractivity contribution in [2.45, 2.75) is 6.42 Å². The van der Waals surface area contributed by atoms with Crippen molar-refractivity contribution in [2.75, 3.05) is 51.9 Å². The van der Waals surface area contributed by atoms with Crippen LogP contribution >= 0.6 is 11.3 Å². The van der Waals surface area contributed by atoms with E-state index in [0.717, 1.165) is 60.7 Å². The van der Waals surface area contributed by atoms with Crippen molar-refractivity contribution in [3.63, 3.8) is 0 Å². The van der Waals surface area contributed by atoms with Crippen molar-refractivity contribution in [2.24, 2.45) is 0 Å². The fraction of sp³-hybridized carbons (Fsp3) is 0.250. The number of benzene rings is 2. The number of fused-ring (bicyclic) bond motifs is 1. The van der Waals surface area contributed by atoms with E-state index >= 15 is 0 Å². The smallest absolute Gasteiger partial charge is 0.276 e. The number of rotatable bonds is 11. The molecule has 5 aromatic rings. The normalized spacial score (nSPS) is 13.5. The van der Waals surface area contributed by atoms with Crippen LogP contribution in [-0.2, 0) is 4.74 Å². The number of carbonyl (C=O) groups is 1. The van der Waals surface area contributed by atoms with Gasteiger partial charge in [-0.3, -0.25) is 14.7 Å². The summed E-state index contributed by atoms with van der Waals surface area (Å²) in [5.74, 6) is 2.41. The maximum absolute atomic E-state index is 12.8. The fourth-order valence-corrected chi connectivity index (χ4v) is 5.50. The summed E-state index contributed by atoms with van der Waals surface area (Å²) in [4.78, 5) is 28.5. The van der Waals surface area contributed by atoms with E-state index in [4.69, 9.17) is 18.9 Å². The number of morpholine rings is 1. The Labute approximate surface area is 253 Å². The van der Waals surface area contributed by atoms with Crippen molar-refractivity contribution < 1.29 is 23.7 Å². The summed E-state index contributed by atoms with van der Waals surface area (Å²) in [5.41, 5.74) is 2.02. The summed E-state index contributed by atoms with van der Waals surface area (Å²) in [6.07, 6.45) is 4.15. The first-order valence-electron chi connectivity index (χ1n) is 14.0. The van der Waals surface area contributed by atoms with Crippen LogP contribution in [0.1, 0.15) is 16.9 Å². The number of amides is 1. The summed E-state index contributed by atoms with van der Waals surface area (Å²) in [5, 5.41) is 6.09. The van der Waals surface area contributed by atoms with Crippen LogP contribution in [0.25, 0.3) is 21.5 Å². The molecule has 0 radical (unpaired) electrons. The van der Waals surface area contributed by atoms with E-state index < -0.39 is 0 Å². The number of anilines is 1. The lowest BCUT2D eigenvalue weighted by atomic mass is 10.2. The molecule has 1 saturated heterocycles. The molecule has 0 bridgehead atoms. The molecule has 0 atom stereocenters. The lowest BCUT2D eigenvalue weighted by molar-refractivity contribution is 0.0357. The van der Waals surface area contributed by atoms with E-state index in [-0.39, 0.29) is 5.91 Å². The number of aromatic nitrogens is 3. The van der Waals surface area contributed by atoms with Gasteiger partial charge in [-0.15, -0.1) is 11.3 Å². The zero-order valence-electron chi connectivity index (χ0n) is 23.7. The van der Waals surface area contributed by atoms with Gasteiger partial charge in [-0.1, -0.05) is 30.3 Å². The zero-order valence-corrected chi connectivity index (χ0v) is 24.5. The molecule has 0 saturated carbocycles. The van der Waals surface area contributed by atoms with E-state index in [2.05, 4.69) is 25.2 Å². The molecule has 2 aromatic carbocycles. The van der Waals surface area contributed by atoms with Gasteiger partial charge < -0.3 is 24.3 Å². The Morgan fingerprint density at radius 2 is 1.88 bits per heavy atom. The predicted octanol–water partition coefficient (Wildman–Crippen LogP) is 5.91. The van der Waals surface area contributed by atoms with Gasteiger partial charge in [0.05, 0.1) is 38.6 Å². The van der Waals surface area contributed by atoms with Gasteiger partial charge in [0.15, 0.2) is 11.5 Å². The quantitative estimate of drug-likeness (QED) is 0.186. The molecule has 1 fully saturated rings. The van der Waals surface area contributed by atoms with Gasteiger partial charge in [0, 0.05) is 48.2 Å². The summed E-state index contributed by atoms with van der Waals surface area (Å²) >= 11 is 1.42. The maximum Gasteiger partial charge on any atom is 0.276 e. The van der Waals surface area contributed by atoms with Gasteiger partial charge in [0.1, 0.15) is 28.0 Å². The molecule has 0 spiro atoms. The highest BCUT2D eigenvalue weighted by Crippen LogP contribution is 2.37. The monoisotopic (exact) mass is 597 g/mol. The molecule has 6 rings (SSSR count). The highest BCUT2D eigenvalue weighted by atomic mass is 32.1. The molecule has 220 valence electrons. The molecule has 43 heavy (non-hydrogen) atoms. The SMILES string of the molecule is COc1cc2c(Oc3ccc(NC(=O)c4csc(-c5ccccc5)n4)nc3)ccnc2cc1OCCCN1CCOCC1. The minimum absolute atomic E-state index is 0.328. The fourth-order valence-electron chi connectivity index (χ4n) is 4.70. The van der Waals surface area contributed by atoms with E-state index in [1.807, 2.05) is 42.5 Å². The third-order valence-corrected chi connectivity index (χ3v) is 7.82. The maximum atomic E-state index is 12.8. The van der Waals surface area contributed by atoms with E-state index in [9.17, 15) is 4.79 Å². The number of nitrogens with one attached hydrogen (secondary N) is 1. The van der Waals surface area contributed by atoms with E-state index in [0.29, 0.717) is 41.1 Å². The zero-order chi connectivity index (χ0) is 29.4. The molecule has 4 heterocycles. The first-order valence-corrected chi connectivity index (χ1v) is 14.9. The van der Waals surface area contributed by atoms with E-state index in [1.54, 1.807) is 43.1 Å². The topological polar surface area (TPSA) is 108 Å². The summed E-state index contributed by atoms with van der Waals surface area (Å²) < 4.78 is 23.3. The highest BCUT2D eigenvalue weighted by molar-refractivity contribution is 7.13. The Morgan fingerprint density at radius 1 is 1.02 bits per heavy atom. The molecular weight excluding hydrogens is 566 g/mol. The third-order valence-electron chi connectivity index (χ3n) is 6.93. The first kappa shape index (κ1) is 28.5. The second-order valence-corrected chi connectivity index (χ2v) is 10.7. The molecule has 0 aliphatic carbocycles. The van der Waals surface area contributed by atoms with Crippen molar-refractivity contribution in [1.82, 2.24) is 19.9 Å². The minimum atomic E-state index is -0.328. The van der Waals surface area contributed by atoms with Crippen LogP contribution in [0.4, 0.5) is 5.82 Å². The number of thiazole rings is 1. The number of nitrogens with zero attached hydrogens (tertiary/aromatic N) is 4. The Kier molecular flexibility index (Phi) is 9.02. The lowest BCUT2D eigenvalue weighted by Gasteiger charge is -2.26. The van der Waals surface area contributed by atoms with Crippen molar-refractivity contribution in [1.29, 1.82) is 0 Å². The number of hydrogen-bond donors (Lipinski definition) is 1. The number of carbonyl (C=O) groups excluding carboxylic acids is 1. The standard InChI is InChI=1S/C32H31N5O5S/c1-39-28-18-24-25(19-29(28)41-15-5-12-37-13-16-40-17-14-37)33-11-10-27(24)42-23-8-9-30(34-20-23)36-31(38)26-21-43-32(35-26)22-6-3-2-4-7-22/h2-4,6-11,18-21H,5,12-17H2,1H3,(H,34,36,38).